The molecule has 2 saturated carbocycles. The van der Waals surface area contributed by atoms with Crippen molar-refractivity contribution in [1.29, 1.82) is 0 Å². The molecule has 13 heteroatoms. The topological polar surface area (TPSA) is 209 Å². The van der Waals surface area contributed by atoms with E-state index in [4.69, 9.17) is 10.5 Å². The Kier molecular flexibility index (Phi) is 14.0. The molecule has 0 heterocycles. The highest BCUT2D eigenvalue weighted by molar-refractivity contribution is 5.93. The first-order chi connectivity index (χ1) is 28.2. The zero-order chi connectivity index (χ0) is 42.3. The summed E-state index contributed by atoms with van der Waals surface area (Å²) in [5.74, 6) is -1.08. The SMILES string of the molecule is CC(C)C[C@@H](NC(=O)[C@@H](Cc1ccccc1)NC(=O)CNC(=O)CNC(=O)[C@H](N)Cc1ccc(O)cc1)C(=O)O[C@H]1CC[C@H]2[C@@H]3CCc4cc(O)ccc4[C@H]3CC[C@]12C. The molecule has 8 atom stereocenters. The van der Waals surface area contributed by atoms with Gasteiger partial charge in [-0.15, -0.1) is 0 Å². The number of fused-ring (bicyclic) bond motifs is 5. The molecule has 0 aromatic heterocycles. The Morgan fingerprint density at radius 1 is 0.780 bits per heavy atom. The van der Waals surface area contributed by atoms with E-state index >= 15 is 0 Å². The lowest BCUT2D eigenvalue weighted by molar-refractivity contribution is -0.161. The van der Waals surface area contributed by atoms with E-state index in [0.29, 0.717) is 29.9 Å². The second-order valence-corrected chi connectivity index (χ2v) is 17.3. The van der Waals surface area contributed by atoms with Gasteiger partial charge in [-0.3, -0.25) is 19.2 Å². The first-order valence-corrected chi connectivity index (χ1v) is 20.9. The number of hydrogen-bond donors (Lipinski definition) is 7. The van der Waals surface area contributed by atoms with Crippen LogP contribution in [0.4, 0.5) is 0 Å². The second-order valence-electron chi connectivity index (χ2n) is 17.3. The van der Waals surface area contributed by atoms with Gasteiger partial charge in [-0.25, -0.2) is 4.79 Å². The zero-order valence-corrected chi connectivity index (χ0v) is 34.2. The number of hydrogen-bond acceptors (Lipinski definition) is 9. The van der Waals surface area contributed by atoms with Crippen molar-refractivity contribution in [3.8, 4) is 11.5 Å². The maximum absolute atomic E-state index is 14.1. The lowest BCUT2D eigenvalue weighted by atomic mass is 9.55. The van der Waals surface area contributed by atoms with Crippen molar-refractivity contribution in [2.24, 2.45) is 28.9 Å². The molecule has 0 unspecified atom stereocenters. The fourth-order valence-corrected chi connectivity index (χ4v) is 9.72. The van der Waals surface area contributed by atoms with Gasteiger partial charge < -0.3 is 42.0 Å². The number of ether oxygens (including phenoxy) is 1. The monoisotopic (exact) mass is 809 g/mol. The molecule has 8 N–H and O–H groups in total. The highest BCUT2D eigenvalue weighted by Gasteiger charge is 2.56. The predicted octanol–water partition coefficient (Wildman–Crippen LogP) is 3.93. The summed E-state index contributed by atoms with van der Waals surface area (Å²) in [6.45, 7) is 5.33. The molecule has 6 rings (SSSR count). The summed E-state index contributed by atoms with van der Waals surface area (Å²) < 4.78 is 6.38. The summed E-state index contributed by atoms with van der Waals surface area (Å²) in [4.78, 5) is 66.3. The lowest BCUT2D eigenvalue weighted by Crippen LogP contribution is -2.55. The highest BCUT2D eigenvalue weighted by atomic mass is 16.5. The zero-order valence-electron chi connectivity index (χ0n) is 34.2. The second kappa shape index (κ2) is 19.1. The van der Waals surface area contributed by atoms with Crippen LogP contribution in [0.3, 0.4) is 0 Å². The van der Waals surface area contributed by atoms with E-state index in [1.807, 2.05) is 50.2 Å². The van der Waals surface area contributed by atoms with Crippen LogP contribution in [-0.2, 0) is 48.0 Å². The number of nitrogens with two attached hydrogens (primary N) is 1. The van der Waals surface area contributed by atoms with E-state index in [2.05, 4.69) is 34.3 Å². The Balaban J connectivity index is 1.04. The van der Waals surface area contributed by atoms with Gasteiger partial charge in [0.15, 0.2) is 0 Å². The van der Waals surface area contributed by atoms with Crippen molar-refractivity contribution >= 4 is 29.6 Å². The Morgan fingerprint density at radius 2 is 1.47 bits per heavy atom. The van der Waals surface area contributed by atoms with Gasteiger partial charge in [-0.05, 0) is 122 Å². The lowest BCUT2D eigenvalue weighted by Gasteiger charge is -2.50. The van der Waals surface area contributed by atoms with E-state index in [-0.39, 0.29) is 36.0 Å². The number of aromatic hydroxyl groups is 2. The van der Waals surface area contributed by atoms with Gasteiger partial charge in [-0.2, -0.15) is 0 Å². The molecule has 4 amide bonds. The van der Waals surface area contributed by atoms with Crippen molar-refractivity contribution in [1.82, 2.24) is 21.3 Å². The summed E-state index contributed by atoms with van der Waals surface area (Å²) >= 11 is 0. The van der Waals surface area contributed by atoms with Gasteiger partial charge in [-0.1, -0.05) is 69.3 Å². The minimum atomic E-state index is -1.07. The van der Waals surface area contributed by atoms with Crippen LogP contribution in [-0.4, -0.2) is 77.1 Å². The molecule has 3 aliphatic carbocycles. The number of carbonyl (C=O) groups is 5. The van der Waals surface area contributed by atoms with E-state index in [9.17, 15) is 34.2 Å². The van der Waals surface area contributed by atoms with Crippen LogP contribution >= 0.6 is 0 Å². The molecule has 0 radical (unpaired) electrons. The number of benzene rings is 3. The number of nitrogens with one attached hydrogen (secondary N) is 4. The van der Waals surface area contributed by atoms with Crippen molar-refractivity contribution in [2.75, 3.05) is 13.1 Å². The van der Waals surface area contributed by atoms with Crippen LogP contribution in [0.1, 0.15) is 87.5 Å². The fraction of sp³-hybridized carbons (Fsp3) is 0.500. The number of esters is 1. The van der Waals surface area contributed by atoms with Gasteiger partial charge in [0.05, 0.1) is 19.1 Å². The van der Waals surface area contributed by atoms with Crippen LogP contribution in [0.25, 0.3) is 0 Å². The van der Waals surface area contributed by atoms with Gasteiger partial charge in [0.25, 0.3) is 0 Å². The van der Waals surface area contributed by atoms with Gasteiger partial charge in [0.2, 0.25) is 23.6 Å². The molecule has 59 heavy (non-hydrogen) atoms. The third-order valence-electron chi connectivity index (χ3n) is 12.7. The fourth-order valence-electron chi connectivity index (χ4n) is 9.72. The minimum absolute atomic E-state index is 0.0529. The van der Waals surface area contributed by atoms with Gasteiger partial charge >= 0.3 is 5.97 Å². The number of rotatable bonds is 16. The summed E-state index contributed by atoms with van der Waals surface area (Å²) in [6, 6.07) is 18.3. The number of phenols is 2. The third-order valence-corrected chi connectivity index (χ3v) is 12.7. The average Bonchev–Trinajstić information content (AvgIpc) is 3.54. The molecular weight excluding hydrogens is 751 g/mol. The van der Waals surface area contributed by atoms with E-state index < -0.39 is 60.8 Å². The van der Waals surface area contributed by atoms with Crippen molar-refractivity contribution in [3.05, 3.63) is 95.1 Å². The smallest absolute Gasteiger partial charge is 0.328 e. The largest absolute Gasteiger partial charge is 0.508 e. The summed E-state index contributed by atoms with van der Waals surface area (Å²) in [6.07, 6.45) is 6.00. The molecule has 3 aromatic rings. The number of aryl methyl sites for hydroxylation is 1. The quantitative estimate of drug-likeness (QED) is 0.105. The molecule has 0 spiro atoms. The van der Waals surface area contributed by atoms with Crippen LogP contribution in [0.5, 0.6) is 11.5 Å². The molecular formula is C46H59N5O8. The van der Waals surface area contributed by atoms with Crippen molar-refractivity contribution in [3.63, 3.8) is 0 Å². The van der Waals surface area contributed by atoms with E-state index in [1.165, 1.54) is 23.3 Å². The Hall–Kier alpha value is -5.43. The third kappa shape index (κ3) is 10.8. The number of phenolic OH excluding ortho intramolecular Hbond substituents is 2. The molecule has 2 fully saturated rings. The predicted molar refractivity (Wildman–Crippen MR) is 222 cm³/mol. The minimum Gasteiger partial charge on any atom is -0.508 e. The first-order valence-electron chi connectivity index (χ1n) is 20.9. The van der Waals surface area contributed by atoms with Crippen LogP contribution in [0.15, 0.2) is 72.8 Å². The molecule has 3 aliphatic rings. The van der Waals surface area contributed by atoms with Crippen LogP contribution < -0.4 is 27.0 Å². The molecule has 3 aromatic carbocycles. The van der Waals surface area contributed by atoms with Crippen molar-refractivity contribution in [2.45, 2.75) is 109 Å². The highest BCUT2D eigenvalue weighted by Crippen LogP contribution is 2.61. The summed E-state index contributed by atoms with van der Waals surface area (Å²) in [5.41, 5.74) is 9.91. The Morgan fingerprint density at radius 3 is 2.20 bits per heavy atom. The maximum atomic E-state index is 14.1. The van der Waals surface area contributed by atoms with Gasteiger partial charge in [0, 0.05) is 11.8 Å². The molecule has 0 aliphatic heterocycles. The maximum Gasteiger partial charge on any atom is 0.328 e. The standard InChI is InChI=1S/C46H59N5O8/c1-27(2)21-39(45(58)59-40-18-17-36-35-15-11-30-24-32(53)14-16-33(30)34(35)19-20-46(36,40)3)51-44(57)38(23-28-7-5-4-6-8-28)50-42(55)26-48-41(54)25-49-43(56)37(47)22-29-9-12-31(52)13-10-29/h4-10,12-14,16,24,27,34-40,52-53H,11,15,17-23,25-26,47H2,1-3H3,(H,48,54)(H,49,56)(H,50,55)(H,51,57)/t34-,35-,36+,37-,38-,39-,40+,46+/m1/s1. The number of amides is 4. The Labute approximate surface area is 346 Å². The number of carbonyl (C=O) groups excluding carboxylic acids is 5. The molecule has 13 nitrogen and oxygen atoms in total. The molecule has 316 valence electrons. The first kappa shape index (κ1) is 43.2. The average molecular weight is 810 g/mol. The van der Waals surface area contributed by atoms with Crippen molar-refractivity contribution < 1.29 is 38.9 Å². The molecule has 0 bridgehead atoms. The van der Waals surface area contributed by atoms with E-state index in [0.717, 1.165) is 49.7 Å². The van der Waals surface area contributed by atoms with Crippen LogP contribution in [0, 0.1) is 23.2 Å². The van der Waals surface area contributed by atoms with E-state index in [1.54, 1.807) is 18.2 Å². The van der Waals surface area contributed by atoms with Gasteiger partial charge in [0.1, 0.15) is 29.7 Å². The summed E-state index contributed by atoms with van der Waals surface area (Å²) in [7, 11) is 0. The molecule has 0 saturated heterocycles. The Bertz CT molecular complexity index is 1970. The normalized spacial score (nSPS) is 23.3. The van der Waals surface area contributed by atoms with Crippen LogP contribution in [0.2, 0.25) is 0 Å². The summed E-state index contributed by atoms with van der Waals surface area (Å²) in [5, 5.41) is 30.1.